The molecule has 3 aromatic carbocycles. The van der Waals surface area contributed by atoms with Crippen LogP contribution >= 0.6 is 0 Å². The predicted molar refractivity (Wildman–Crippen MR) is 115 cm³/mol. The van der Waals surface area contributed by atoms with Crippen molar-refractivity contribution in [2.75, 3.05) is 10.6 Å². The van der Waals surface area contributed by atoms with E-state index in [2.05, 4.69) is 16.0 Å². The zero-order valence-electron chi connectivity index (χ0n) is 16.2. The summed E-state index contributed by atoms with van der Waals surface area (Å²) in [5.41, 5.74) is 3.52. The minimum atomic E-state index is -0.852. The van der Waals surface area contributed by atoms with Crippen LogP contribution in [-0.2, 0) is 16.0 Å². The first-order valence-electron chi connectivity index (χ1n) is 9.74. The van der Waals surface area contributed by atoms with E-state index in [9.17, 15) is 14.4 Å². The Morgan fingerprint density at radius 3 is 2.30 bits per heavy atom. The number of carbonyl (C=O) groups excluding carboxylic acids is 3. The third-order valence-corrected chi connectivity index (χ3v) is 4.97. The number of rotatable bonds is 5. The van der Waals surface area contributed by atoms with Crippen molar-refractivity contribution in [3.8, 4) is 0 Å². The molecule has 1 atom stereocenters. The SMILES string of the molecule is O=C1CCc2cc(NC(=O)C(NC(=O)c3ccccc3)c3ccccc3)ccc2N1. The molecular weight excluding hydrogens is 378 g/mol. The fourth-order valence-electron chi connectivity index (χ4n) is 3.43. The van der Waals surface area contributed by atoms with E-state index in [1.807, 2.05) is 30.3 Å². The lowest BCUT2D eigenvalue weighted by molar-refractivity contribution is -0.118. The first kappa shape index (κ1) is 19.4. The van der Waals surface area contributed by atoms with Gasteiger partial charge in [0.15, 0.2) is 0 Å². The van der Waals surface area contributed by atoms with Crippen molar-refractivity contribution in [2.45, 2.75) is 18.9 Å². The Morgan fingerprint density at radius 1 is 0.867 bits per heavy atom. The normalized spacial score (nSPS) is 13.5. The third-order valence-electron chi connectivity index (χ3n) is 4.97. The third kappa shape index (κ3) is 4.38. The molecule has 3 aromatic rings. The number of nitrogens with one attached hydrogen (secondary N) is 3. The minimum Gasteiger partial charge on any atom is -0.336 e. The Kier molecular flexibility index (Phi) is 5.57. The summed E-state index contributed by atoms with van der Waals surface area (Å²) in [7, 11) is 0. The highest BCUT2D eigenvalue weighted by atomic mass is 16.2. The lowest BCUT2D eigenvalue weighted by Crippen LogP contribution is -2.37. The molecule has 0 spiro atoms. The summed E-state index contributed by atoms with van der Waals surface area (Å²) in [6, 6.07) is 22.4. The molecule has 3 N–H and O–H groups in total. The molecule has 0 bridgehead atoms. The van der Waals surface area contributed by atoms with Crippen LogP contribution in [0.3, 0.4) is 0 Å². The number of hydrogen-bond acceptors (Lipinski definition) is 3. The van der Waals surface area contributed by atoms with Crippen LogP contribution < -0.4 is 16.0 Å². The summed E-state index contributed by atoms with van der Waals surface area (Å²) in [6.07, 6.45) is 1.04. The van der Waals surface area contributed by atoms with Crippen molar-refractivity contribution in [1.82, 2.24) is 5.32 Å². The molecule has 30 heavy (non-hydrogen) atoms. The molecule has 0 aromatic heterocycles. The second-order valence-electron chi connectivity index (χ2n) is 7.09. The van der Waals surface area contributed by atoms with Crippen LogP contribution in [0.5, 0.6) is 0 Å². The van der Waals surface area contributed by atoms with Crippen LogP contribution in [0.1, 0.15) is 33.9 Å². The van der Waals surface area contributed by atoms with Gasteiger partial charge >= 0.3 is 0 Å². The number of amides is 3. The van der Waals surface area contributed by atoms with Crippen molar-refractivity contribution in [3.63, 3.8) is 0 Å². The van der Waals surface area contributed by atoms with Crippen LogP contribution in [-0.4, -0.2) is 17.7 Å². The number of aryl methyl sites for hydroxylation is 1. The highest BCUT2D eigenvalue weighted by Crippen LogP contribution is 2.26. The van der Waals surface area contributed by atoms with Gasteiger partial charge in [0.05, 0.1) is 0 Å². The summed E-state index contributed by atoms with van der Waals surface area (Å²) in [5.74, 6) is -0.676. The van der Waals surface area contributed by atoms with Gasteiger partial charge in [-0.3, -0.25) is 14.4 Å². The summed E-state index contributed by atoms with van der Waals surface area (Å²) in [6.45, 7) is 0. The number of anilines is 2. The molecule has 1 aliphatic rings. The molecule has 4 rings (SSSR count). The van der Waals surface area contributed by atoms with Gasteiger partial charge in [0, 0.05) is 23.4 Å². The first-order valence-corrected chi connectivity index (χ1v) is 9.74. The van der Waals surface area contributed by atoms with Gasteiger partial charge in [-0.2, -0.15) is 0 Å². The maximum atomic E-state index is 13.1. The smallest absolute Gasteiger partial charge is 0.252 e. The van der Waals surface area contributed by atoms with Crippen LogP contribution in [0.15, 0.2) is 78.9 Å². The van der Waals surface area contributed by atoms with Crippen molar-refractivity contribution >= 4 is 29.1 Å². The van der Waals surface area contributed by atoms with Gasteiger partial charge in [0.25, 0.3) is 11.8 Å². The van der Waals surface area contributed by atoms with Crippen molar-refractivity contribution in [2.24, 2.45) is 0 Å². The van der Waals surface area contributed by atoms with Gasteiger partial charge < -0.3 is 16.0 Å². The summed E-state index contributed by atoms with van der Waals surface area (Å²) in [4.78, 5) is 37.3. The van der Waals surface area contributed by atoms with Crippen LogP contribution in [0.25, 0.3) is 0 Å². The Balaban J connectivity index is 1.55. The molecule has 0 saturated carbocycles. The predicted octanol–water partition coefficient (Wildman–Crippen LogP) is 3.68. The van der Waals surface area contributed by atoms with Gasteiger partial charge in [-0.05, 0) is 47.9 Å². The second kappa shape index (κ2) is 8.61. The fourth-order valence-corrected chi connectivity index (χ4v) is 3.43. The van der Waals surface area contributed by atoms with E-state index in [0.29, 0.717) is 29.7 Å². The summed E-state index contributed by atoms with van der Waals surface area (Å²) < 4.78 is 0. The number of benzene rings is 3. The van der Waals surface area contributed by atoms with Gasteiger partial charge in [-0.1, -0.05) is 48.5 Å². The average molecular weight is 399 g/mol. The maximum Gasteiger partial charge on any atom is 0.252 e. The molecule has 3 amide bonds. The Labute approximate surface area is 174 Å². The van der Waals surface area contributed by atoms with E-state index in [0.717, 1.165) is 11.3 Å². The minimum absolute atomic E-state index is 0.00736. The Morgan fingerprint density at radius 2 is 1.57 bits per heavy atom. The number of fused-ring (bicyclic) bond motifs is 1. The zero-order valence-corrected chi connectivity index (χ0v) is 16.2. The number of carbonyl (C=O) groups is 3. The average Bonchev–Trinajstić information content (AvgIpc) is 2.78. The van der Waals surface area contributed by atoms with Crippen molar-refractivity contribution < 1.29 is 14.4 Å². The maximum absolute atomic E-state index is 13.1. The molecule has 150 valence electrons. The van der Waals surface area contributed by atoms with E-state index >= 15 is 0 Å². The monoisotopic (exact) mass is 399 g/mol. The summed E-state index contributed by atoms with van der Waals surface area (Å²) in [5, 5.41) is 8.55. The molecule has 6 heteroatoms. The second-order valence-corrected chi connectivity index (χ2v) is 7.09. The van der Waals surface area contributed by atoms with Crippen LogP contribution in [0, 0.1) is 0 Å². The summed E-state index contributed by atoms with van der Waals surface area (Å²) >= 11 is 0. The van der Waals surface area contributed by atoms with E-state index in [4.69, 9.17) is 0 Å². The molecule has 1 aliphatic heterocycles. The molecular formula is C24H21N3O3. The molecule has 0 aliphatic carbocycles. The Hall–Kier alpha value is -3.93. The van der Waals surface area contributed by atoms with Crippen molar-refractivity contribution in [1.29, 1.82) is 0 Å². The van der Waals surface area contributed by atoms with E-state index in [-0.39, 0.29) is 17.7 Å². The topological polar surface area (TPSA) is 87.3 Å². The lowest BCUT2D eigenvalue weighted by atomic mass is 10.0. The molecule has 0 fully saturated rings. The zero-order chi connectivity index (χ0) is 20.9. The first-order chi connectivity index (χ1) is 14.6. The molecule has 0 saturated heterocycles. The largest absolute Gasteiger partial charge is 0.336 e. The van der Waals surface area contributed by atoms with E-state index in [1.165, 1.54) is 0 Å². The quantitative estimate of drug-likeness (QED) is 0.612. The van der Waals surface area contributed by atoms with Gasteiger partial charge in [-0.15, -0.1) is 0 Å². The molecule has 6 nitrogen and oxygen atoms in total. The van der Waals surface area contributed by atoms with Crippen LogP contribution in [0.4, 0.5) is 11.4 Å². The van der Waals surface area contributed by atoms with Crippen LogP contribution in [0.2, 0.25) is 0 Å². The van der Waals surface area contributed by atoms with Gasteiger partial charge in [0.1, 0.15) is 6.04 Å². The lowest BCUT2D eigenvalue weighted by Gasteiger charge is -2.21. The fraction of sp³-hybridized carbons (Fsp3) is 0.125. The molecule has 0 radical (unpaired) electrons. The molecule has 1 heterocycles. The van der Waals surface area contributed by atoms with E-state index in [1.54, 1.807) is 48.5 Å². The highest BCUT2D eigenvalue weighted by molar-refractivity contribution is 6.02. The highest BCUT2D eigenvalue weighted by Gasteiger charge is 2.24. The van der Waals surface area contributed by atoms with Crippen molar-refractivity contribution in [3.05, 3.63) is 95.6 Å². The number of hydrogen-bond donors (Lipinski definition) is 3. The molecule has 1 unspecified atom stereocenters. The van der Waals surface area contributed by atoms with Gasteiger partial charge in [-0.25, -0.2) is 0 Å². The standard InChI is InChI=1S/C24H21N3O3/c28-21-14-11-18-15-19(12-13-20(18)26-21)25-24(30)22(16-7-3-1-4-8-16)27-23(29)17-9-5-2-6-10-17/h1-10,12-13,15,22H,11,14H2,(H,25,30)(H,26,28)(H,27,29). The Bertz CT molecular complexity index is 1080. The van der Waals surface area contributed by atoms with E-state index < -0.39 is 6.04 Å². The van der Waals surface area contributed by atoms with Gasteiger partial charge in [0.2, 0.25) is 5.91 Å².